The summed E-state index contributed by atoms with van der Waals surface area (Å²) in [6.45, 7) is 0. The number of methoxy groups -OCH3 is 4. The van der Waals surface area contributed by atoms with Crippen LogP contribution in [0.4, 0.5) is 5.69 Å². The summed E-state index contributed by atoms with van der Waals surface area (Å²) in [7, 11) is 9.91. The van der Waals surface area contributed by atoms with Crippen molar-refractivity contribution >= 4 is 29.1 Å². The molecule has 0 radical (unpaired) electrons. The van der Waals surface area contributed by atoms with E-state index in [1.54, 1.807) is 44.6 Å². The van der Waals surface area contributed by atoms with E-state index in [4.69, 9.17) is 30.5 Å². The molecule has 2 aromatic carbocycles. The first-order chi connectivity index (χ1) is 13.4. The lowest BCUT2D eigenvalue weighted by Gasteiger charge is -2.17. The summed E-state index contributed by atoms with van der Waals surface area (Å²) >= 11 is 6.36. The van der Waals surface area contributed by atoms with Crippen LogP contribution >= 0.6 is 11.6 Å². The van der Waals surface area contributed by atoms with Gasteiger partial charge in [0.1, 0.15) is 11.5 Å². The highest BCUT2D eigenvalue weighted by Crippen LogP contribution is 2.37. The Hall–Kier alpha value is -2.86. The Morgan fingerprint density at radius 2 is 1.61 bits per heavy atom. The maximum atomic E-state index is 12.9. The Kier molecular flexibility index (Phi) is 7.18. The molecule has 0 amide bonds. The lowest BCUT2D eigenvalue weighted by atomic mass is 10.1. The van der Waals surface area contributed by atoms with E-state index in [0.29, 0.717) is 34.1 Å². The van der Waals surface area contributed by atoms with E-state index in [0.717, 1.165) is 5.69 Å². The Labute approximate surface area is 170 Å². The molecule has 150 valence electrons. The van der Waals surface area contributed by atoms with E-state index in [1.165, 1.54) is 20.3 Å². The molecule has 0 atom stereocenters. The molecule has 0 aromatic heterocycles. The zero-order valence-corrected chi connectivity index (χ0v) is 17.6. The van der Waals surface area contributed by atoms with Crippen molar-refractivity contribution in [2.45, 2.75) is 0 Å². The van der Waals surface area contributed by atoms with Crippen LogP contribution in [0.15, 0.2) is 35.4 Å². The molecule has 0 aliphatic carbocycles. The first-order valence-electron chi connectivity index (χ1n) is 8.43. The molecule has 0 saturated carbocycles. The molecule has 6 nitrogen and oxygen atoms in total. The minimum Gasteiger partial charge on any atom is -0.497 e. The number of benzene rings is 2. The van der Waals surface area contributed by atoms with Gasteiger partial charge in [-0.3, -0.25) is 4.79 Å². The Bertz CT molecular complexity index is 893. The van der Waals surface area contributed by atoms with Crippen LogP contribution in [0.2, 0.25) is 0 Å². The quantitative estimate of drug-likeness (QED) is 0.483. The summed E-state index contributed by atoms with van der Waals surface area (Å²) in [5.41, 5.74) is 1.79. The second kappa shape index (κ2) is 9.37. The van der Waals surface area contributed by atoms with Crippen molar-refractivity contribution in [3.05, 3.63) is 46.5 Å². The van der Waals surface area contributed by atoms with Crippen molar-refractivity contribution in [1.82, 2.24) is 0 Å². The highest BCUT2D eigenvalue weighted by Gasteiger charge is 2.17. The fraction of sp³-hybridized carbons (Fsp3) is 0.286. The highest BCUT2D eigenvalue weighted by atomic mass is 35.5. The van der Waals surface area contributed by atoms with E-state index in [9.17, 15) is 4.79 Å². The third kappa shape index (κ3) is 4.51. The predicted molar refractivity (Wildman–Crippen MR) is 112 cm³/mol. The average molecular weight is 406 g/mol. The summed E-state index contributed by atoms with van der Waals surface area (Å²) in [6, 6.07) is 8.56. The van der Waals surface area contributed by atoms with E-state index < -0.39 is 0 Å². The Balaban J connectivity index is 2.48. The second-order valence-corrected chi connectivity index (χ2v) is 6.46. The van der Waals surface area contributed by atoms with Gasteiger partial charge in [0.05, 0.1) is 39.2 Å². The summed E-state index contributed by atoms with van der Waals surface area (Å²) in [5.74, 6) is 1.83. The number of halogens is 1. The number of hydrogen-bond acceptors (Lipinski definition) is 6. The molecule has 2 rings (SSSR count). The van der Waals surface area contributed by atoms with Gasteiger partial charge in [-0.1, -0.05) is 11.6 Å². The third-order valence-electron chi connectivity index (χ3n) is 4.14. The number of nitrogens with zero attached hydrogens (tertiary/aromatic N) is 1. The number of rotatable bonds is 8. The fourth-order valence-electron chi connectivity index (χ4n) is 2.71. The topological polar surface area (TPSA) is 57.2 Å². The van der Waals surface area contributed by atoms with E-state index in [1.807, 2.05) is 19.0 Å². The molecule has 0 saturated heterocycles. The highest BCUT2D eigenvalue weighted by molar-refractivity contribution is 6.47. The van der Waals surface area contributed by atoms with Crippen molar-refractivity contribution in [3.63, 3.8) is 0 Å². The molecular weight excluding hydrogens is 382 g/mol. The zero-order valence-electron chi connectivity index (χ0n) is 16.8. The largest absolute Gasteiger partial charge is 0.497 e. The molecule has 0 aliphatic heterocycles. The second-order valence-electron chi connectivity index (χ2n) is 6.05. The maximum absolute atomic E-state index is 12.9. The number of hydrogen-bond donors (Lipinski definition) is 0. The molecule has 0 N–H and O–H groups in total. The lowest BCUT2D eigenvalue weighted by Crippen LogP contribution is -2.11. The molecule has 0 aliphatic rings. The summed E-state index contributed by atoms with van der Waals surface area (Å²) in [4.78, 5) is 14.7. The summed E-state index contributed by atoms with van der Waals surface area (Å²) in [5, 5.41) is 0.0310. The van der Waals surface area contributed by atoms with Gasteiger partial charge in [-0.25, -0.2) is 0 Å². The fourth-order valence-corrected chi connectivity index (χ4v) is 2.94. The molecule has 0 unspecified atom stereocenters. The van der Waals surface area contributed by atoms with Gasteiger partial charge in [0, 0.05) is 31.3 Å². The van der Waals surface area contributed by atoms with Gasteiger partial charge in [0.15, 0.2) is 11.5 Å². The number of carbonyl (C=O) groups excluding carboxylic acids is 1. The third-order valence-corrected chi connectivity index (χ3v) is 4.42. The normalized spacial score (nSPS) is 11.0. The SMILES string of the molecule is COc1cc(C=C(Cl)C(=O)c2ccc(OC)c(N(C)C)c2)c(OC)c(OC)c1. The summed E-state index contributed by atoms with van der Waals surface area (Å²) < 4.78 is 21.4. The molecule has 0 bridgehead atoms. The maximum Gasteiger partial charge on any atom is 0.204 e. The van der Waals surface area contributed by atoms with E-state index in [-0.39, 0.29) is 10.8 Å². The number of ketones is 1. The number of anilines is 1. The molecule has 0 spiro atoms. The Morgan fingerprint density at radius 1 is 0.929 bits per heavy atom. The number of ether oxygens (including phenoxy) is 4. The predicted octanol–water partition coefficient (Wildman–Crippen LogP) is 4.25. The molecule has 2 aromatic rings. The van der Waals surface area contributed by atoms with Gasteiger partial charge in [0.2, 0.25) is 5.78 Å². The van der Waals surface area contributed by atoms with Gasteiger partial charge in [-0.2, -0.15) is 0 Å². The monoisotopic (exact) mass is 405 g/mol. The minimum atomic E-state index is -0.323. The summed E-state index contributed by atoms with van der Waals surface area (Å²) in [6.07, 6.45) is 1.54. The van der Waals surface area contributed by atoms with Gasteiger partial charge >= 0.3 is 0 Å². The van der Waals surface area contributed by atoms with Crippen LogP contribution in [0.25, 0.3) is 6.08 Å². The van der Waals surface area contributed by atoms with Crippen LogP contribution in [0.1, 0.15) is 15.9 Å². The van der Waals surface area contributed by atoms with Gasteiger partial charge in [-0.15, -0.1) is 0 Å². The lowest BCUT2D eigenvalue weighted by molar-refractivity contribution is 0.104. The van der Waals surface area contributed by atoms with Gasteiger partial charge in [-0.05, 0) is 30.3 Å². The first kappa shape index (κ1) is 21.4. The standard InChI is InChI=1S/C21H24ClNO5/c1-23(2)17-11-13(7-8-18(17)26-4)20(24)16(22)10-14-9-15(25-3)12-19(27-5)21(14)28-6/h7-12H,1-6H3. The van der Waals surface area contributed by atoms with Crippen LogP contribution in [0, 0.1) is 0 Å². The van der Waals surface area contributed by atoms with Crippen LogP contribution in [-0.4, -0.2) is 48.3 Å². The number of Topliss-reactive ketones (excluding diaryl/α,β-unsaturated/α-hetero) is 1. The smallest absolute Gasteiger partial charge is 0.204 e. The van der Waals surface area contributed by atoms with Crippen molar-refractivity contribution in [3.8, 4) is 23.0 Å². The minimum absolute atomic E-state index is 0.0310. The molecule has 7 heteroatoms. The van der Waals surface area contributed by atoms with E-state index in [2.05, 4.69) is 0 Å². The number of allylic oxidation sites excluding steroid dienone is 1. The van der Waals surface area contributed by atoms with Crippen LogP contribution in [0.5, 0.6) is 23.0 Å². The van der Waals surface area contributed by atoms with E-state index >= 15 is 0 Å². The molecular formula is C21H24ClNO5. The molecule has 28 heavy (non-hydrogen) atoms. The van der Waals surface area contributed by atoms with Crippen molar-refractivity contribution in [2.75, 3.05) is 47.4 Å². The number of carbonyl (C=O) groups is 1. The van der Waals surface area contributed by atoms with Crippen molar-refractivity contribution in [1.29, 1.82) is 0 Å². The van der Waals surface area contributed by atoms with Gasteiger partial charge < -0.3 is 23.8 Å². The van der Waals surface area contributed by atoms with Crippen LogP contribution in [0.3, 0.4) is 0 Å². The average Bonchev–Trinajstić information content (AvgIpc) is 2.71. The first-order valence-corrected chi connectivity index (χ1v) is 8.81. The molecule has 0 fully saturated rings. The van der Waals surface area contributed by atoms with Crippen molar-refractivity contribution in [2.24, 2.45) is 0 Å². The Morgan fingerprint density at radius 3 is 2.14 bits per heavy atom. The molecule has 0 heterocycles. The van der Waals surface area contributed by atoms with Crippen LogP contribution < -0.4 is 23.8 Å². The van der Waals surface area contributed by atoms with Crippen molar-refractivity contribution < 1.29 is 23.7 Å². The zero-order chi connectivity index (χ0) is 20.8. The van der Waals surface area contributed by atoms with Crippen LogP contribution in [-0.2, 0) is 0 Å². The van der Waals surface area contributed by atoms with Gasteiger partial charge in [0.25, 0.3) is 0 Å².